The predicted molar refractivity (Wildman–Crippen MR) is 83.5 cm³/mol. The summed E-state index contributed by atoms with van der Waals surface area (Å²) in [6.07, 6.45) is 2.54. The third-order valence-electron chi connectivity index (χ3n) is 4.53. The molecule has 2 heterocycles. The van der Waals surface area contributed by atoms with E-state index in [1.165, 1.54) is 0 Å². The maximum atomic E-state index is 12.1. The van der Waals surface area contributed by atoms with E-state index in [9.17, 15) is 4.79 Å². The molecular formula is C17H26N2O3. The minimum Gasteiger partial charge on any atom is -0.468 e. The first-order valence-corrected chi connectivity index (χ1v) is 8.16. The van der Waals surface area contributed by atoms with Gasteiger partial charge in [0, 0.05) is 19.1 Å². The Morgan fingerprint density at radius 2 is 2.14 bits per heavy atom. The molecule has 0 bridgehead atoms. The van der Waals surface area contributed by atoms with Crippen molar-refractivity contribution in [2.75, 3.05) is 13.1 Å². The molecule has 0 aromatic carbocycles. The average Bonchev–Trinajstić information content (AvgIpc) is 2.91. The highest BCUT2D eigenvalue weighted by molar-refractivity contribution is 5.69. The fraction of sp³-hybridized carbons (Fsp3) is 0.706. The van der Waals surface area contributed by atoms with Crippen molar-refractivity contribution in [3.63, 3.8) is 0 Å². The number of amides is 1. The Bertz CT molecular complexity index is 509. The first kappa shape index (κ1) is 15.4. The number of carbonyl (C=O) groups excluding carboxylic acids is 1. The van der Waals surface area contributed by atoms with E-state index in [1.54, 1.807) is 6.26 Å². The second-order valence-corrected chi connectivity index (χ2v) is 7.38. The van der Waals surface area contributed by atoms with Gasteiger partial charge in [-0.25, -0.2) is 4.79 Å². The third-order valence-corrected chi connectivity index (χ3v) is 4.53. The van der Waals surface area contributed by atoms with Gasteiger partial charge < -0.3 is 19.4 Å². The Kier molecular flexibility index (Phi) is 3.93. The maximum Gasteiger partial charge on any atom is 0.410 e. The number of fused-ring (bicyclic) bond motifs is 1. The van der Waals surface area contributed by atoms with Gasteiger partial charge in [-0.15, -0.1) is 0 Å². The standard InChI is InChI=1S/C17H26N2O3/c1-5-13(14-7-6-8-21-14)18-15-11-9-19(10-12(11)15)16(20)22-17(2,3)4/h6-8,11-13,15,18H,5,9-10H2,1-4H3. The maximum absolute atomic E-state index is 12.1. The number of hydrogen-bond acceptors (Lipinski definition) is 4. The quantitative estimate of drug-likeness (QED) is 0.928. The molecule has 1 aliphatic heterocycles. The van der Waals surface area contributed by atoms with Gasteiger partial charge in [0.25, 0.3) is 0 Å². The zero-order valence-corrected chi connectivity index (χ0v) is 13.8. The minimum absolute atomic E-state index is 0.184. The van der Waals surface area contributed by atoms with E-state index in [0.717, 1.165) is 25.3 Å². The highest BCUT2D eigenvalue weighted by Crippen LogP contribution is 2.47. The van der Waals surface area contributed by atoms with Gasteiger partial charge in [-0.2, -0.15) is 0 Å². The summed E-state index contributed by atoms with van der Waals surface area (Å²) in [6, 6.07) is 4.71. The number of rotatable bonds is 4. The molecule has 1 aliphatic carbocycles. The van der Waals surface area contributed by atoms with E-state index in [-0.39, 0.29) is 12.1 Å². The van der Waals surface area contributed by atoms with E-state index >= 15 is 0 Å². The molecule has 1 saturated heterocycles. The van der Waals surface area contributed by atoms with Gasteiger partial charge in [-0.1, -0.05) is 6.92 Å². The Morgan fingerprint density at radius 3 is 2.64 bits per heavy atom. The lowest BCUT2D eigenvalue weighted by atomic mass is 10.1. The fourth-order valence-corrected chi connectivity index (χ4v) is 3.37. The van der Waals surface area contributed by atoms with Crippen LogP contribution < -0.4 is 5.32 Å². The summed E-state index contributed by atoms with van der Waals surface area (Å²) in [5.74, 6) is 2.10. The summed E-state index contributed by atoms with van der Waals surface area (Å²) in [5.41, 5.74) is -0.423. The molecule has 3 atom stereocenters. The Hall–Kier alpha value is -1.49. The number of likely N-dealkylation sites (tertiary alicyclic amines) is 1. The highest BCUT2D eigenvalue weighted by Gasteiger charge is 2.57. The van der Waals surface area contributed by atoms with E-state index in [1.807, 2.05) is 37.8 Å². The van der Waals surface area contributed by atoms with Crippen molar-refractivity contribution in [3.05, 3.63) is 24.2 Å². The van der Waals surface area contributed by atoms with Gasteiger partial charge in [0.2, 0.25) is 0 Å². The van der Waals surface area contributed by atoms with Crippen molar-refractivity contribution < 1.29 is 13.9 Å². The van der Waals surface area contributed by atoms with E-state index in [4.69, 9.17) is 9.15 Å². The molecule has 2 fully saturated rings. The summed E-state index contributed by atoms with van der Waals surface area (Å²) in [6.45, 7) is 9.47. The van der Waals surface area contributed by atoms with Crippen molar-refractivity contribution in [1.82, 2.24) is 10.2 Å². The molecule has 0 spiro atoms. The van der Waals surface area contributed by atoms with Crippen molar-refractivity contribution >= 4 is 6.09 Å². The Balaban J connectivity index is 1.49. The van der Waals surface area contributed by atoms with E-state index in [0.29, 0.717) is 17.9 Å². The van der Waals surface area contributed by atoms with Gasteiger partial charge in [0.1, 0.15) is 11.4 Å². The monoisotopic (exact) mass is 306 g/mol. The van der Waals surface area contributed by atoms with Crippen molar-refractivity contribution in [2.45, 2.75) is 51.8 Å². The molecule has 1 aromatic heterocycles. The Morgan fingerprint density at radius 1 is 1.45 bits per heavy atom. The SMILES string of the molecule is CCC(NC1C2CN(C(=O)OC(C)(C)C)CC21)c1ccco1. The lowest BCUT2D eigenvalue weighted by Gasteiger charge is -2.26. The number of hydrogen-bond donors (Lipinski definition) is 1. The lowest BCUT2D eigenvalue weighted by molar-refractivity contribution is 0.0268. The summed E-state index contributed by atoms with van der Waals surface area (Å²) in [5, 5.41) is 3.68. The van der Waals surface area contributed by atoms with Crippen LogP contribution in [0.4, 0.5) is 4.79 Å². The van der Waals surface area contributed by atoms with Gasteiger partial charge in [0.15, 0.2) is 0 Å². The molecule has 1 N–H and O–H groups in total. The Labute approximate surface area is 132 Å². The van der Waals surface area contributed by atoms with Gasteiger partial charge in [-0.05, 0) is 51.2 Å². The van der Waals surface area contributed by atoms with Crippen LogP contribution >= 0.6 is 0 Å². The molecule has 22 heavy (non-hydrogen) atoms. The second-order valence-electron chi connectivity index (χ2n) is 7.38. The zero-order valence-electron chi connectivity index (χ0n) is 13.8. The topological polar surface area (TPSA) is 54.7 Å². The van der Waals surface area contributed by atoms with Crippen molar-refractivity contribution in [2.24, 2.45) is 11.8 Å². The first-order valence-electron chi connectivity index (χ1n) is 8.16. The van der Waals surface area contributed by atoms with Crippen LogP contribution in [0.1, 0.15) is 45.9 Å². The van der Waals surface area contributed by atoms with Crippen LogP contribution in [-0.2, 0) is 4.74 Å². The van der Waals surface area contributed by atoms with Crippen molar-refractivity contribution in [3.8, 4) is 0 Å². The molecule has 1 saturated carbocycles. The van der Waals surface area contributed by atoms with Crippen LogP contribution in [0.2, 0.25) is 0 Å². The lowest BCUT2D eigenvalue weighted by Crippen LogP contribution is -2.39. The van der Waals surface area contributed by atoms with Gasteiger partial charge in [-0.3, -0.25) is 0 Å². The molecule has 122 valence electrons. The van der Waals surface area contributed by atoms with Crippen molar-refractivity contribution in [1.29, 1.82) is 0 Å². The minimum atomic E-state index is -0.423. The fourth-order valence-electron chi connectivity index (χ4n) is 3.37. The van der Waals surface area contributed by atoms with E-state index < -0.39 is 5.60 Å². The molecule has 1 amide bonds. The second kappa shape index (κ2) is 5.61. The summed E-state index contributed by atoms with van der Waals surface area (Å²) in [4.78, 5) is 13.9. The predicted octanol–water partition coefficient (Wildman–Crippen LogP) is 3.19. The number of nitrogens with one attached hydrogen (secondary N) is 1. The molecule has 3 rings (SSSR count). The largest absolute Gasteiger partial charge is 0.468 e. The van der Waals surface area contributed by atoms with Crippen LogP contribution in [0.3, 0.4) is 0 Å². The summed E-state index contributed by atoms with van der Waals surface area (Å²) < 4.78 is 10.9. The highest BCUT2D eigenvalue weighted by atomic mass is 16.6. The number of nitrogens with zero attached hydrogens (tertiary/aromatic N) is 1. The summed E-state index contributed by atoms with van der Waals surface area (Å²) >= 11 is 0. The van der Waals surface area contributed by atoms with Crippen LogP contribution in [0.5, 0.6) is 0 Å². The number of ether oxygens (including phenoxy) is 1. The van der Waals surface area contributed by atoms with Gasteiger partial charge >= 0.3 is 6.09 Å². The van der Waals surface area contributed by atoms with Crippen LogP contribution in [0.15, 0.2) is 22.8 Å². The average molecular weight is 306 g/mol. The van der Waals surface area contributed by atoms with Crippen LogP contribution in [-0.4, -0.2) is 35.7 Å². The molecule has 5 heteroatoms. The first-order chi connectivity index (χ1) is 10.4. The number of furan rings is 1. The number of carbonyl (C=O) groups is 1. The molecule has 3 unspecified atom stereocenters. The number of piperidine rings is 1. The van der Waals surface area contributed by atoms with E-state index in [2.05, 4.69) is 12.2 Å². The summed E-state index contributed by atoms with van der Waals surface area (Å²) in [7, 11) is 0. The third kappa shape index (κ3) is 3.14. The normalized spacial score (nSPS) is 28.4. The molecule has 0 radical (unpaired) electrons. The van der Waals surface area contributed by atoms with Crippen LogP contribution in [0, 0.1) is 11.8 Å². The smallest absolute Gasteiger partial charge is 0.410 e. The zero-order chi connectivity index (χ0) is 15.9. The van der Waals surface area contributed by atoms with Crippen LogP contribution in [0.25, 0.3) is 0 Å². The molecule has 2 aliphatic rings. The van der Waals surface area contributed by atoms with Gasteiger partial charge in [0.05, 0.1) is 12.3 Å². The molecule has 5 nitrogen and oxygen atoms in total. The molecule has 1 aromatic rings. The molecular weight excluding hydrogens is 280 g/mol.